The first-order chi connectivity index (χ1) is 16.6. The Labute approximate surface area is 208 Å². The zero-order valence-electron chi connectivity index (χ0n) is 20.7. The number of alkyl halides is 2. The molecule has 7 nitrogen and oxygen atoms in total. The van der Waals surface area contributed by atoms with E-state index in [0.717, 1.165) is 44.9 Å². The highest BCUT2D eigenvalue weighted by atomic mass is 32.2. The zero-order chi connectivity index (χ0) is 25.2. The second-order valence-electron chi connectivity index (χ2n) is 11.5. The number of carbonyl (C=O) groups excluding carboxylic acids is 1. The first-order valence-corrected chi connectivity index (χ1v) is 15.2. The Kier molecular flexibility index (Phi) is 8.40. The Morgan fingerprint density at radius 2 is 1.71 bits per heavy atom. The lowest BCUT2D eigenvalue weighted by molar-refractivity contribution is -0.126. The molecule has 4 aliphatic rings. The number of nitrogens with two attached hydrogens (primary N) is 1. The normalized spacial score (nSPS) is 32.7. The van der Waals surface area contributed by atoms with Crippen molar-refractivity contribution in [2.24, 2.45) is 23.5 Å². The second-order valence-corrected chi connectivity index (χ2v) is 13.9. The standard InChI is InChI=1S/C25H42F2N4O3S/c26-25(27)10-8-17(9-11-25)16-30-24(32)22-14-18-6-7-19(23(28)29)15-21(18)31(22)12-13-35(33,34)20-4-2-1-3-5-20/h17-22H,1-16H2,(H3,28,29)(H,30,32). The summed E-state index contributed by atoms with van der Waals surface area (Å²) in [4.78, 5) is 15.4. The average molecular weight is 517 g/mol. The van der Waals surface area contributed by atoms with Gasteiger partial charge in [-0.2, -0.15) is 0 Å². The number of likely N-dealkylation sites (tertiary alicyclic amines) is 1. The molecule has 3 aliphatic carbocycles. The lowest BCUT2D eigenvalue weighted by Gasteiger charge is -2.37. The van der Waals surface area contributed by atoms with Crippen LogP contribution in [0.25, 0.3) is 0 Å². The number of sulfone groups is 1. The first kappa shape index (κ1) is 26.8. The Bertz CT molecular complexity index is 868. The van der Waals surface area contributed by atoms with Gasteiger partial charge in [0.05, 0.1) is 22.9 Å². The van der Waals surface area contributed by atoms with Crippen molar-refractivity contribution >= 4 is 21.6 Å². The van der Waals surface area contributed by atoms with Gasteiger partial charge < -0.3 is 11.1 Å². The van der Waals surface area contributed by atoms with Gasteiger partial charge in [-0.25, -0.2) is 17.2 Å². The fraction of sp³-hybridized carbons (Fsp3) is 0.920. The summed E-state index contributed by atoms with van der Waals surface area (Å²) < 4.78 is 53.1. The summed E-state index contributed by atoms with van der Waals surface area (Å²) in [7, 11) is -3.24. The zero-order valence-corrected chi connectivity index (χ0v) is 21.5. The summed E-state index contributed by atoms with van der Waals surface area (Å²) in [6, 6.07) is -0.370. The molecule has 200 valence electrons. The molecule has 0 radical (unpaired) electrons. The summed E-state index contributed by atoms with van der Waals surface area (Å²) in [5.74, 6) is -2.18. The molecule has 1 saturated heterocycles. The van der Waals surface area contributed by atoms with Crippen molar-refractivity contribution in [1.29, 1.82) is 5.41 Å². The number of nitrogens with zero attached hydrogens (tertiary/aromatic N) is 1. The lowest BCUT2D eigenvalue weighted by Crippen LogP contribution is -2.50. The molecule has 0 bridgehead atoms. The minimum absolute atomic E-state index is 0.0283. The van der Waals surface area contributed by atoms with Crippen LogP contribution < -0.4 is 11.1 Å². The molecule has 0 aromatic carbocycles. The fourth-order valence-electron chi connectivity index (χ4n) is 6.90. The highest BCUT2D eigenvalue weighted by Gasteiger charge is 2.47. The van der Waals surface area contributed by atoms with E-state index in [1.165, 1.54) is 0 Å². The van der Waals surface area contributed by atoms with Crippen molar-refractivity contribution in [2.45, 2.75) is 107 Å². The van der Waals surface area contributed by atoms with Crippen LogP contribution in [0.5, 0.6) is 0 Å². The Balaban J connectivity index is 1.41. The molecular formula is C25H42F2N4O3S. The van der Waals surface area contributed by atoms with E-state index in [9.17, 15) is 22.0 Å². The smallest absolute Gasteiger partial charge is 0.248 e. The van der Waals surface area contributed by atoms with Gasteiger partial charge in [-0.1, -0.05) is 19.3 Å². The van der Waals surface area contributed by atoms with Crippen molar-refractivity contribution < 1.29 is 22.0 Å². The molecule has 1 heterocycles. The average Bonchev–Trinajstić information content (AvgIpc) is 3.20. The van der Waals surface area contributed by atoms with Crippen molar-refractivity contribution in [1.82, 2.24) is 10.2 Å². The highest BCUT2D eigenvalue weighted by Crippen LogP contribution is 2.42. The lowest BCUT2D eigenvalue weighted by atomic mass is 9.78. The molecule has 1 aliphatic heterocycles. The summed E-state index contributed by atoms with van der Waals surface area (Å²) >= 11 is 0. The Hall–Kier alpha value is -1.29. The van der Waals surface area contributed by atoms with Crippen molar-refractivity contribution in [2.75, 3.05) is 18.8 Å². The topological polar surface area (TPSA) is 116 Å². The number of carbonyl (C=O) groups is 1. The minimum Gasteiger partial charge on any atom is -0.387 e. The van der Waals surface area contributed by atoms with E-state index in [1.807, 2.05) is 0 Å². The molecule has 0 aromatic rings. The van der Waals surface area contributed by atoms with Crippen molar-refractivity contribution in [3.8, 4) is 0 Å². The number of nitrogens with one attached hydrogen (secondary N) is 2. The monoisotopic (exact) mass is 516 g/mol. The van der Waals surface area contributed by atoms with Crippen molar-refractivity contribution in [3.05, 3.63) is 0 Å². The number of amidine groups is 1. The molecule has 4 rings (SSSR count). The third kappa shape index (κ3) is 6.53. The Morgan fingerprint density at radius 3 is 2.37 bits per heavy atom. The summed E-state index contributed by atoms with van der Waals surface area (Å²) in [5, 5.41) is 10.7. The highest BCUT2D eigenvalue weighted by molar-refractivity contribution is 7.92. The molecule has 4 N–H and O–H groups in total. The van der Waals surface area contributed by atoms with E-state index >= 15 is 0 Å². The number of hydrogen-bond donors (Lipinski definition) is 3. The molecule has 4 unspecified atom stereocenters. The number of amides is 1. The summed E-state index contributed by atoms with van der Waals surface area (Å²) in [6.07, 6.45) is 8.09. The van der Waals surface area contributed by atoms with E-state index in [0.29, 0.717) is 38.8 Å². The van der Waals surface area contributed by atoms with Gasteiger partial charge >= 0.3 is 0 Å². The summed E-state index contributed by atoms with van der Waals surface area (Å²) in [6.45, 7) is 0.712. The molecule has 0 spiro atoms. The molecule has 1 amide bonds. The van der Waals surface area contributed by atoms with E-state index in [-0.39, 0.29) is 59.4 Å². The van der Waals surface area contributed by atoms with Crippen molar-refractivity contribution in [3.63, 3.8) is 0 Å². The van der Waals surface area contributed by atoms with Crippen LogP contribution >= 0.6 is 0 Å². The van der Waals surface area contributed by atoms with Gasteiger partial charge in [0.25, 0.3) is 0 Å². The van der Waals surface area contributed by atoms with E-state index in [1.54, 1.807) is 0 Å². The number of fused-ring (bicyclic) bond motifs is 1. The maximum Gasteiger partial charge on any atom is 0.248 e. The minimum atomic E-state index is -3.24. The van der Waals surface area contributed by atoms with E-state index in [4.69, 9.17) is 11.1 Å². The molecule has 10 heteroatoms. The van der Waals surface area contributed by atoms with Crippen LogP contribution in [0.3, 0.4) is 0 Å². The molecule has 3 saturated carbocycles. The van der Waals surface area contributed by atoms with Crippen LogP contribution in [0.15, 0.2) is 0 Å². The van der Waals surface area contributed by atoms with Gasteiger partial charge in [0.2, 0.25) is 11.8 Å². The molecule has 35 heavy (non-hydrogen) atoms. The van der Waals surface area contributed by atoms with Gasteiger partial charge in [-0.15, -0.1) is 0 Å². The molecule has 4 fully saturated rings. The first-order valence-electron chi connectivity index (χ1n) is 13.5. The van der Waals surface area contributed by atoms with Gasteiger partial charge in [0.15, 0.2) is 9.84 Å². The molecular weight excluding hydrogens is 474 g/mol. The number of halogens is 2. The second kappa shape index (κ2) is 11.0. The number of hydrogen-bond acceptors (Lipinski definition) is 5. The predicted molar refractivity (Wildman–Crippen MR) is 132 cm³/mol. The molecule has 4 atom stereocenters. The molecule has 0 aromatic heterocycles. The van der Waals surface area contributed by atoms with Crippen LogP contribution in [0.1, 0.15) is 83.5 Å². The predicted octanol–water partition coefficient (Wildman–Crippen LogP) is 3.47. The largest absolute Gasteiger partial charge is 0.387 e. The van der Waals surface area contributed by atoms with Gasteiger partial charge in [0, 0.05) is 37.9 Å². The van der Waals surface area contributed by atoms with Crippen LogP contribution in [0.4, 0.5) is 8.78 Å². The Morgan fingerprint density at radius 1 is 1.03 bits per heavy atom. The number of rotatable bonds is 8. The van der Waals surface area contributed by atoms with Gasteiger partial charge in [-0.05, 0) is 63.2 Å². The van der Waals surface area contributed by atoms with Crippen LogP contribution in [-0.2, 0) is 14.6 Å². The van der Waals surface area contributed by atoms with Gasteiger partial charge in [0.1, 0.15) is 0 Å². The van der Waals surface area contributed by atoms with E-state index < -0.39 is 21.8 Å². The maximum atomic E-state index is 13.5. The SMILES string of the molecule is N=C(N)C1CCC2CC(C(=O)NCC3CCC(F)(F)CC3)N(CCS(=O)(=O)C3CCCCC3)C2C1. The third-order valence-electron chi connectivity index (χ3n) is 9.15. The van der Waals surface area contributed by atoms with Gasteiger partial charge in [-0.3, -0.25) is 15.1 Å². The summed E-state index contributed by atoms with van der Waals surface area (Å²) in [5.41, 5.74) is 5.82. The maximum absolute atomic E-state index is 13.5. The quantitative estimate of drug-likeness (QED) is 0.337. The van der Waals surface area contributed by atoms with Crippen LogP contribution in [0, 0.1) is 23.2 Å². The fourth-order valence-corrected chi connectivity index (χ4v) is 8.75. The van der Waals surface area contributed by atoms with E-state index in [2.05, 4.69) is 10.2 Å². The van der Waals surface area contributed by atoms with Crippen LogP contribution in [0.2, 0.25) is 0 Å². The third-order valence-corrected chi connectivity index (χ3v) is 11.4. The van der Waals surface area contributed by atoms with Crippen LogP contribution in [-0.4, -0.2) is 67.2 Å².